The molecule has 0 fully saturated rings. The van der Waals surface area contributed by atoms with Crippen LogP contribution in [0.25, 0.3) is 0 Å². The van der Waals surface area contributed by atoms with Crippen LogP contribution in [0.4, 0.5) is 18.9 Å². The second-order valence-electron chi connectivity index (χ2n) is 4.36. The lowest BCUT2D eigenvalue weighted by atomic mass is 10.2. The van der Waals surface area contributed by atoms with Crippen molar-refractivity contribution in [1.29, 1.82) is 0 Å². The zero-order valence-corrected chi connectivity index (χ0v) is 12.5. The van der Waals surface area contributed by atoms with E-state index in [2.05, 4.69) is 5.32 Å². The Morgan fingerprint density at radius 2 is 1.70 bits per heavy atom. The SMILES string of the molecule is CNS(=O)(=O)c1ccc(C(=O)Nc2ccc(C(F)(F)F)cc2)o1. The molecule has 23 heavy (non-hydrogen) atoms. The molecule has 2 N–H and O–H groups in total. The van der Waals surface area contributed by atoms with Crippen LogP contribution in [0.1, 0.15) is 16.1 Å². The average molecular weight is 348 g/mol. The molecule has 2 rings (SSSR count). The minimum atomic E-state index is -4.47. The summed E-state index contributed by atoms with van der Waals surface area (Å²) < 4.78 is 67.2. The van der Waals surface area contributed by atoms with Gasteiger partial charge in [-0.2, -0.15) is 13.2 Å². The molecular weight excluding hydrogens is 337 g/mol. The molecule has 10 heteroatoms. The van der Waals surface area contributed by atoms with E-state index in [-0.39, 0.29) is 11.4 Å². The van der Waals surface area contributed by atoms with Crippen molar-refractivity contribution >= 4 is 21.6 Å². The predicted octanol–water partition coefficient (Wildman–Crippen LogP) is 2.46. The summed E-state index contributed by atoms with van der Waals surface area (Å²) in [5.74, 6) is -1.08. The fourth-order valence-electron chi connectivity index (χ4n) is 1.62. The summed E-state index contributed by atoms with van der Waals surface area (Å²) in [5, 5.41) is 1.86. The molecular formula is C13H11F3N2O4S. The van der Waals surface area contributed by atoms with E-state index in [4.69, 9.17) is 4.42 Å². The highest BCUT2D eigenvalue weighted by molar-refractivity contribution is 7.89. The third kappa shape index (κ3) is 3.90. The zero-order chi connectivity index (χ0) is 17.3. The van der Waals surface area contributed by atoms with Crippen molar-refractivity contribution < 1.29 is 30.8 Å². The highest BCUT2D eigenvalue weighted by atomic mass is 32.2. The molecule has 1 amide bonds. The lowest BCUT2D eigenvalue weighted by Crippen LogP contribution is -2.18. The van der Waals surface area contributed by atoms with Gasteiger partial charge in [0.2, 0.25) is 5.09 Å². The van der Waals surface area contributed by atoms with E-state index in [1.165, 1.54) is 7.05 Å². The number of anilines is 1. The van der Waals surface area contributed by atoms with Crippen molar-refractivity contribution in [2.24, 2.45) is 0 Å². The van der Waals surface area contributed by atoms with E-state index in [0.717, 1.165) is 36.4 Å². The van der Waals surface area contributed by atoms with E-state index in [1.54, 1.807) is 0 Å². The number of benzene rings is 1. The van der Waals surface area contributed by atoms with Crippen molar-refractivity contribution in [2.75, 3.05) is 12.4 Å². The average Bonchev–Trinajstić information content (AvgIpc) is 2.97. The first kappa shape index (κ1) is 17.0. The number of furan rings is 1. The van der Waals surface area contributed by atoms with Crippen molar-refractivity contribution in [2.45, 2.75) is 11.3 Å². The maximum Gasteiger partial charge on any atom is 0.416 e. The topological polar surface area (TPSA) is 88.4 Å². The molecule has 0 bridgehead atoms. The number of sulfonamides is 1. The fraction of sp³-hybridized carbons (Fsp3) is 0.154. The summed E-state index contributed by atoms with van der Waals surface area (Å²) in [4.78, 5) is 11.9. The first-order valence-corrected chi connectivity index (χ1v) is 7.64. The molecule has 1 aromatic carbocycles. The van der Waals surface area contributed by atoms with E-state index < -0.39 is 32.8 Å². The normalized spacial score (nSPS) is 12.2. The second kappa shape index (κ2) is 6.05. The van der Waals surface area contributed by atoms with E-state index in [9.17, 15) is 26.4 Å². The molecule has 0 saturated carbocycles. The van der Waals surface area contributed by atoms with Crippen LogP contribution in [-0.2, 0) is 16.2 Å². The van der Waals surface area contributed by atoms with Crippen LogP contribution in [0.5, 0.6) is 0 Å². The highest BCUT2D eigenvalue weighted by Crippen LogP contribution is 2.29. The van der Waals surface area contributed by atoms with Crippen molar-refractivity contribution in [3.63, 3.8) is 0 Å². The fourth-order valence-corrected chi connectivity index (χ4v) is 2.27. The molecule has 0 aliphatic rings. The second-order valence-corrected chi connectivity index (χ2v) is 6.17. The zero-order valence-electron chi connectivity index (χ0n) is 11.6. The van der Waals surface area contributed by atoms with Crippen LogP contribution < -0.4 is 10.0 Å². The molecule has 0 aliphatic heterocycles. The Labute approximate surface area is 129 Å². The van der Waals surface area contributed by atoms with Crippen LogP contribution in [-0.4, -0.2) is 21.4 Å². The van der Waals surface area contributed by atoms with E-state index in [0.29, 0.717) is 0 Å². The molecule has 0 saturated heterocycles. The maximum atomic E-state index is 12.4. The van der Waals surface area contributed by atoms with E-state index in [1.807, 2.05) is 4.72 Å². The first-order valence-electron chi connectivity index (χ1n) is 6.15. The van der Waals surface area contributed by atoms with Crippen molar-refractivity contribution in [1.82, 2.24) is 4.72 Å². The van der Waals surface area contributed by atoms with Gasteiger partial charge in [-0.25, -0.2) is 13.1 Å². The molecule has 124 valence electrons. The van der Waals surface area contributed by atoms with Crippen LogP contribution in [0.15, 0.2) is 45.9 Å². The van der Waals surface area contributed by atoms with Gasteiger partial charge in [0, 0.05) is 5.69 Å². The summed E-state index contributed by atoms with van der Waals surface area (Å²) in [5.41, 5.74) is -0.742. The minimum Gasteiger partial charge on any atom is -0.438 e. The predicted molar refractivity (Wildman–Crippen MR) is 74.4 cm³/mol. The van der Waals surface area contributed by atoms with Crippen molar-refractivity contribution in [3.05, 3.63) is 47.7 Å². The van der Waals surface area contributed by atoms with Gasteiger partial charge in [-0.15, -0.1) is 0 Å². The molecule has 0 atom stereocenters. The quantitative estimate of drug-likeness (QED) is 0.888. The number of rotatable bonds is 4. The first-order chi connectivity index (χ1) is 10.6. The Morgan fingerprint density at radius 3 is 2.22 bits per heavy atom. The van der Waals surface area contributed by atoms with Crippen LogP contribution in [0.3, 0.4) is 0 Å². The number of alkyl halides is 3. The molecule has 0 spiro atoms. The summed E-state index contributed by atoms with van der Waals surface area (Å²) in [6.45, 7) is 0. The highest BCUT2D eigenvalue weighted by Gasteiger charge is 2.30. The van der Waals surface area contributed by atoms with Gasteiger partial charge >= 0.3 is 6.18 Å². The summed E-state index contributed by atoms with van der Waals surface area (Å²) in [6.07, 6.45) is -4.47. The van der Waals surface area contributed by atoms with Crippen LogP contribution >= 0.6 is 0 Å². The van der Waals surface area contributed by atoms with E-state index >= 15 is 0 Å². The van der Waals surface area contributed by atoms with Gasteiger partial charge < -0.3 is 9.73 Å². The largest absolute Gasteiger partial charge is 0.438 e. The minimum absolute atomic E-state index is 0.109. The third-order valence-corrected chi connectivity index (χ3v) is 4.10. The standard InChI is InChI=1S/C13H11F3N2O4S/c1-17-23(20,21)11-7-6-10(22-11)12(19)18-9-4-2-8(3-5-9)13(14,15)16/h2-7,17H,1H3,(H,18,19). The number of hydrogen-bond acceptors (Lipinski definition) is 4. The van der Waals surface area contributed by atoms with Gasteiger partial charge in [0.25, 0.3) is 15.9 Å². The molecule has 0 aliphatic carbocycles. The number of carbonyl (C=O) groups is 1. The van der Waals surface area contributed by atoms with Crippen molar-refractivity contribution in [3.8, 4) is 0 Å². The Balaban J connectivity index is 2.14. The Bertz CT molecular complexity index is 810. The summed E-state index contributed by atoms with van der Waals surface area (Å²) in [7, 11) is -2.65. The molecule has 1 aromatic heterocycles. The van der Waals surface area contributed by atoms with Gasteiger partial charge in [0.05, 0.1) is 5.56 Å². The maximum absolute atomic E-state index is 12.4. The van der Waals surface area contributed by atoms with Gasteiger partial charge in [0.1, 0.15) is 0 Å². The molecule has 6 nitrogen and oxygen atoms in total. The number of hydrogen-bond donors (Lipinski definition) is 2. The Hall–Kier alpha value is -2.33. The Morgan fingerprint density at radius 1 is 1.09 bits per heavy atom. The van der Waals surface area contributed by atoms with Gasteiger partial charge in [-0.1, -0.05) is 0 Å². The summed E-state index contributed by atoms with van der Waals surface area (Å²) >= 11 is 0. The van der Waals surface area contributed by atoms with Gasteiger partial charge in [0.15, 0.2) is 5.76 Å². The monoisotopic (exact) mass is 348 g/mol. The lowest BCUT2D eigenvalue weighted by molar-refractivity contribution is -0.137. The summed E-state index contributed by atoms with van der Waals surface area (Å²) in [6, 6.07) is 6.02. The molecule has 0 radical (unpaired) electrons. The Kier molecular flexibility index (Phi) is 4.48. The number of halogens is 3. The number of carbonyl (C=O) groups excluding carboxylic acids is 1. The molecule has 0 unspecified atom stereocenters. The third-order valence-electron chi connectivity index (χ3n) is 2.81. The van der Waals surface area contributed by atoms with Gasteiger partial charge in [-0.05, 0) is 43.4 Å². The number of amides is 1. The molecule has 2 aromatic rings. The van der Waals surface area contributed by atoms with Crippen LogP contribution in [0, 0.1) is 0 Å². The van der Waals surface area contributed by atoms with Gasteiger partial charge in [-0.3, -0.25) is 4.79 Å². The smallest absolute Gasteiger partial charge is 0.416 e. The lowest BCUT2D eigenvalue weighted by Gasteiger charge is -2.08. The van der Waals surface area contributed by atoms with Crippen LogP contribution in [0.2, 0.25) is 0 Å². The number of nitrogens with one attached hydrogen (secondary N) is 2. The molecule has 1 heterocycles.